The van der Waals surface area contributed by atoms with Crippen LogP contribution in [0.1, 0.15) is 19.3 Å². The fraction of sp³-hybridized carbons (Fsp3) is 0.889. The minimum atomic E-state index is -2.99. The molecule has 1 aliphatic rings. The summed E-state index contributed by atoms with van der Waals surface area (Å²) in [5.41, 5.74) is 5.32. The summed E-state index contributed by atoms with van der Waals surface area (Å²) in [6.45, 7) is 0.448. The van der Waals surface area contributed by atoms with E-state index in [-0.39, 0.29) is 17.4 Å². The lowest BCUT2D eigenvalue weighted by Crippen LogP contribution is -2.25. The van der Waals surface area contributed by atoms with Gasteiger partial charge in [0.1, 0.15) is 0 Å². The van der Waals surface area contributed by atoms with Crippen LogP contribution in [-0.2, 0) is 14.6 Å². The van der Waals surface area contributed by atoms with Crippen molar-refractivity contribution in [1.82, 2.24) is 0 Å². The van der Waals surface area contributed by atoms with Crippen LogP contribution in [0, 0.1) is 11.8 Å². The lowest BCUT2D eigenvalue weighted by Gasteiger charge is -2.17. The number of rotatable bonds is 5. The highest BCUT2D eigenvalue weighted by atomic mass is 32.2. The van der Waals surface area contributed by atoms with Crippen LogP contribution in [0.4, 0.5) is 0 Å². The molecular weight excluding hydrogens is 218 g/mol. The van der Waals surface area contributed by atoms with Crippen molar-refractivity contribution in [2.45, 2.75) is 19.3 Å². The molecule has 1 aliphatic heterocycles. The molecule has 0 bridgehead atoms. The van der Waals surface area contributed by atoms with E-state index in [2.05, 4.69) is 0 Å². The van der Waals surface area contributed by atoms with Crippen molar-refractivity contribution in [2.24, 2.45) is 17.6 Å². The molecule has 3 N–H and O–H groups in total. The third-order valence-corrected chi connectivity index (χ3v) is 4.67. The van der Waals surface area contributed by atoms with Crippen molar-refractivity contribution in [1.29, 1.82) is 0 Å². The van der Waals surface area contributed by atoms with Gasteiger partial charge in [-0.25, -0.2) is 8.42 Å². The summed E-state index contributed by atoms with van der Waals surface area (Å²) in [6, 6.07) is 0. The molecule has 88 valence electrons. The molecule has 2 unspecified atom stereocenters. The molecule has 0 spiro atoms. The summed E-state index contributed by atoms with van der Waals surface area (Å²) in [4.78, 5) is 11.0. The standard InChI is InChI=1S/C9H17NO4S/c10-4-1-2-8(9(11)12)7-3-5-15(13,14)6-7/h7-8H,1-6,10H2,(H,11,12). The zero-order valence-electron chi connectivity index (χ0n) is 8.55. The molecule has 0 aromatic carbocycles. The van der Waals surface area contributed by atoms with Gasteiger partial charge >= 0.3 is 5.97 Å². The van der Waals surface area contributed by atoms with Gasteiger partial charge in [0, 0.05) is 0 Å². The smallest absolute Gasteiger partial charge is 0.306 e. The number of carboxylic acids is 1. The fourth-order valence-electron chi connectivity index (χ4n) is 2.04. The van der Waals surface area contributed by atoms with E-state index >= 15 is 0 Å². The van der Waals surface area contributed by atoms with E-state index in [1.807, 2.05) is 0 Å². The molecule has 1 saturated heterocycles. The summed E-state index contributed by atoms with van der Waals surface area (Å²) in [6.07, 6.45) is 1.59. The first-order valence-corrected chi connectivity index (χ1v) is 6.91. The van der Waals surface area contributed by atoms with Crippen LogP contribution in [0.25, 0.3) is 0 Å². The Bertz CT molecular complexity index is 325. The molecule has 1 fully saturated rings. The maximum atomic E-state index is 11.2. The first-order chi connectivity index (χ1) is 6.96. The van der Waals surface area contributed by atoms with E-state index in [1.165, 1.54) is 0 Å². The number of aliphatic carboxylic acids is 1. The van der Waals surface area contributed by atoms with Crippen molar-refractivity contribution < 1.29 is 18.3 Å². The first-order valence-electron chi connectivity index (χ1n) is 5.09. The van der Waals surface area contributed by atoms with Crippen LogP contribution in [-0.4, -0.2) is 37.5 Å². The quantitative estimate of drug-likeness (QED) is 0.691. The van der Waals surface area contributed by atoms with Crippen molar-refractivity contribution in [3.8, 4) is 0 Å². The summed E-state index contributed by atoms with van der Waals surface area (Å²) in [5.74, 6) is -1.52. The number of nitrogens with two attached hydrogens (primary N) is 1. The highest BCUT2D eigenvalue weighted by molar-refractivity contribution is 7.91. The van der Waals surface area contributed by atoms with E-state index in [0.717, 1.165) is 0 Å². The molecule has 6 heteroatoms. The molecule has 0 aromatic rings. The van der Waals surface area contributed by atoms with Gasteiger partial charge in [0.2, 0.25) is 0 Å². The molecule has 5 nitrogen and oxygen atoms in total. The molecule has 0 amide bonds. The second-order valence-corrected chi connectivity index (χ2v) is 6.27. The largest absolute Gasteiger partial charge is 0.481 e. The molecule has 1 rings (SSSR count). The Balaban J connectivity index is 2.61. The Kier molecular flexibility index (Phi) is 4.10. The lowest BCUT2D eigenvalue weighted by atomic mass is 9.88. The van der Waals surface area contributed by atoms with Gasteiger partial charge in [-0.05, 0) is 31.7 Å². The monoisotopic (exact) mass is 235 g/mol. The Morgan fingerprint density at radius 1 is 1.53 bits per heavy atom. The summed E-state index contributed by atoms with van der Waals surface area (Å²) in [7, 11) is -2.99. The fourth-order valence-corrected chi connectivity index (χ4v) is 3.92. The second kappa shape index (κ2) is 4.94. The topological polar surface area (TPSA) is 97.5 Å². The maximum absolute atomic E-state index is 11.2. The van der Waals surface area contributed by atoms with Gasteiger partial charge < -0.3 is 10.8 Å². The number of sulfone groups is 1. The van der Waals surface area contributed by atoms with Crippen molar-refractivity contribution >= 4 is 15.8 Å². The van der Waals surface area contributed by atoms with Crippen LogP contribution < -0.4 is 5.73 Å². The average Bonchev–Trinajstić information content (AvgIpc) is 2.46. The average molecular weight is 235 g/mol. The minimum absolute atomic E-state index is 0.0224. The van der Waals surface area contributed by atoms with Crippen LogP contribution in [0.3, 0.4) is 0 Å². The number of carboxylic acid groups (broad SMARTS) is 1. The van der Waals surface area contributed by atoms with Gasteiger partial charge in [0.15, 0.2) is 9.84 Å². The molecule has 0 radical (unpaired) electrons. The predicted octanol–water partition coefficient (Wildman–Crippen LogP) is -0.139. The van der Waals surface area contributed by atoms with Gasteiger partial charge in [-0.15, -0.1) is 0 Å². The van der Waals surface area contributed by atoms with Crippen molar-refractivity contribution in [3.05, 3.63) is 0 Å². The molecular formula is C9H17NO4S. The minimum Gasteiger partial charge on any atom is -0.481 e. The number of carbonyl (C=O) groups is 1. The molecule has 0 saturated carbocycles. The zero-order valence-corrected chi connectivity index (χ0v) is 9.37. The predicted molar refractivity (Wildman–Crippen MR) is 56.2 cm³/mol. The highest BCUT2D eigenvalue weighted by Crippen LogP contribution is 2.29. The van der Waals surface area contributed by atoms with Crippen LogP contribution in [0.5, 0.6) is 0 Å². The third-order valence-electron chi connectivity index (χ3n) is 2.87. The Morgan fingerprint density at radius 2 is 2.20 bits per heavy atom. The molecule has 0 aromatic heterocycles. The lowest BCUT2D eigenvalue weighted by molar-refractivity contribution is -0.143. The number of hydrogen-bond acceptors (Lipinski definition) is 4. The Labute approximate surface area is 89.6 Å². The molecule has 0 aliphatic carbocycles. The summed E-state index contributed by atoms with van der Waals surface area (Å²) >= 11 is 0. The maximum Gasteiger partial charge on any atom is 0.306 e. The SMILES string of the molecule is NCCCC(C(=O)O)C1CCS(=O)(=O)C1. The zero-order chi connectivity index (χ0) is 11.5. The molecule has 1 heterocycles. The Morgan fingerprint density at radius 3 is 2.60 bits per heavy atom. The third kappa shape index (κ3) is 3.46. The van der Waals surface area contributed by atoms with Gasteiger partial charge in [0.25, 0.3) is 0 Å². The van der Waals surface area contributed by atoms with Crippen LogP contribution >= 0.6 is 0 Å². The van der Waals surface area contributed by atoms with E-state index < -0.39 is 21.7 Å². The van der Waals surface area contributed by atoms with Crippen molar-refractivity contribution in [2.75, 3.05) is 18.1 Å². The molecule has 2 atom stereocenters. The van der Waals surface area contributed by atoms with E-state index in [4.69, 9.17) is 10.8 Å². The van der Waals surface area contributed by atoms with Crippen LogP contribution in [0.2, 0.25) is 0 Å². The van der Waals surface area contributed by atoms with E-state index in [1.54, 1.807) is 0 Å². The Hall–Kier alpha value is -0.620. The van der Waals surface area contributed by atoms with Crippen LogP contribution in [0.15, 0.2) is 0 Å². The van der Waals surface area contributed by atoms with Gasteiger partial charge in [0.05, 0.1) is 17.4 Å². The van der Waals surface area contributed by atoms with Gasteiger partial charge in [-0.2, -0.15) is 0 Å². The van der Waals surface area contributed by atoms with Crippen molar-refractivity contribution in [3.63, 3.8) is 0 Å². The van der Waals surface area contributed by atoms with Gasteiger partial charge in [-0.3, -0.25) is 4.79 Å². The van der Waals surface area contributed by atoms with E-state index in [9.17, 15) is 13.2 Å². The normalized spacial score (nSPS) is 26.3. The summed E-state index contributed by atoms with van der Waals surface area (Å²) in [5, 5.41) is 8.99. The molecule has 15 heavy (non-hydrogen) atoms. The second-order valence-electron chi connectivity index (χ2n) is 4.04. The van der Waals surface area contributed by atoms with Gasteiger partial charge in [-0.1, -0.05) is 0 Å². The number of hydrogen-bond donors (Lipinski definition) is 2. The summed E-state index contributed by atoms with van der Waals surface area (Å²) < 4.78 is 22.4. The first kappa shape index (κ1) is 12.4. The van der Waals surface area contributed by atoms with E-state index in [0.29, 0.717) is 25.8 Å². The highest BCUT2D eigenvalue weighted by Gasteiger charge is 2.36.